The minimum Gasteiger partial charge on any atom is -0.507 e. The van der Waals surface area contributed by atoms with Gasteiger partial charge in [-0.1, -0.05) is 32.9 Å². The van der Waals surface area contributed by atoms with Crippen LogP contribution in [0.1, 0.15) is 31.1 Å². The van der Waals surface area contributed by atoms with Gasteiger partial charge in [-0.05, 0) is 23.6 Å². The Morgan fingerprint density at radius 3 is 2.55 bits per heavy atom. The smallest absolute Gasteiger partial charge is 0.229 e. The van der Waals surface area contributed by atoms with Gasteiger partial charge in [0.2, 0.25) is 5.91 Å². The fourth-order valence-electron chi connectivity index (χ4n) is 1.84. The SMILES string of the molecule is CC(C)(C)C(=O)Nc1cc2c(O)cccc2cc1C=O. The third-order valence-electron chi connectivity index (χ3n) is 3.08. The predicted molar refractivity (Wildman–Crippen MR) is 79.1 cm³/mol. The van der Waals surface area contributed by atoms with Crippen LogP contribution >= 0.6 is 0 Å². The molecule has 0 unspecified atom stereocenters. The van der Waals surface area contributed by atoms with Crippen LogP contribution in [0.3, 0.4) is 0 Å². The maximum absolute atomic E-state index is 12.0. The Morgan fingerprint density at radius 1 is 1.25 bits per heavy atom. The van der Waals surface area contributed by atoms with E-state index in [1.54, 1.807) is 51.1 Å². The second-order valence-electron chi connectivity index (χ2n) is 5.76. The predicted octanol–water partition coefficient (Wildman–Crippen LogP) is 3.34. The summed E-state index contributed by atoms with van der Waals surface area (Å²) < 4.78 is 0. The molecule has 0 fully saturated rings. The maximum Gasteiger partial charge on any atom is 0.229 e. The van der Waals surface area contributed by atoms with Crippen LogP contribution in [0.2, 0.25) is 0 Å². The van der Waals surface area contributed by atoms with E-state index in [1.165, 1.54) is 0 Å². The average Bonchev–Trinajstić information content (AvgIpc) is 2.38. The lowest BCUT2D eigenvalue weighted by Crippen LogP contribution is -2.28. The number of hydrogen-bond acceptors (Lipinski definition) is 3. The fraction of sp³-hybridized carbons (Fsp3) is 0.250. The maximum atomic E-state index is 12.0. The number of hydrogen-bond donors (Lipinski definition) is 2. The normalized spacial score (nSPS) is 11.3. The molecule has 0 aromatic heterocycles. The summed E-state index contributed by atoms with van der Waals surface area (Å²) >= 11 is 0. The Kier molecular flexibility index (Phi) is 3.49. The summed E-state index contributed by atoms with van der Waals surface area (Å²) in [5.74, 6) is -0.0680. The van der Waals surface area contributed by atoms with Crippen LogP contribution in [0.5, 0.6) is 5.75 Å². The van der Waals surface area contributed by atoms with Crippen molar-refractivity contribution in [2.75, 3.05) is 5.32 Å². The molecule has 4 nitrogen and oxygen atoms in total. The van der Waals surface area contributed by atoms with E-state index >= 15 is 0 Å². The minimum atomic E-state index is -0.562. The Balaban J connectivity index is 2.54. The lowest BCUT2D eigenvalue weighted by molar-refractivity contribution is -0.123. The van der Waals surface area contributed by atoms with Crippen LogP contribution in [0.4, 0.5) is 5.69 Å². The highest BCUT2D eigenvalue weighted by Gasteiger charge is 2.22. The summed E-state index contributed by atoms with van der Waals surface area (Å²) in [7, 11) is 0. The van der Waals surface area contributed by atoms with E-state index in [4.69, 9.17) is 0 Å². The number of phenols is 1. The zero-order chi connectivity index (χ0) is 14.9. The van der Waals surface area contributed by atoms with E-state index in [0.717, 1.165) is 5.39 Å². The summed E-state index contributed by atoms with van der Waals surface area (Å²) in [6, 6.07) is 8.35. The van der Waals surface area contributed by atoms with E-state index in [0.29, 0.717) is 22.9 Å². The highest BCUT2D eigenvalue weighted by molar-refractivity contribution is 6.04. The van der Waals surface area contributed by atoms with E-state index in [2.05, 4.69) is 5.32 Å². The van der Waals surface area contributed by atoms with Gasteiger partial charge in [-0.2, -0.15) is 0 Å². The second-order valence-corrected chi connectivity index (χ2v) is 5.76. The zero-order valence-electron chi connectivity index (χ0n) is 11.7. The molecule has 4 heteroatoms. The van der Waals surface area contributed by atoms with Crippen molar-refractivity contribution in [3.8, 4) is 5.75 Å². The van der Waals surface area contributed by atoms with Gasteiger partial charge in [-0.15, -0.1) is 0 Å². The van der Waals surface area contributed by atoms with Gasteiger partial charge < -0.3 is 10.4 Å². The molecule has 0 atom stereocenters. The van der Waals surface area contributed by atoms with Crippen molar-refractivity contribution >= 4 is 28.7 Å². The van der Waals surface area contributed by atoms with Crippen molar-refractivity contribution in [2.24, 2.45) is 5.41 Å². The van der Waals surface area contributed by atoms with Crippen molar-refractivity contribution in [2.45, 2.75) is 20.8 Å². The van der Waals surface area contributed by atoms with Crippen LogP contribution in [-0.4, -0.2) is 17.3 Å². The minimum absolute atomic E-state index is 0.117. The van der Waals surface area contributed by atoms with E-state index in [1.807, 2.05) is 0 Å². The molecule has 2 N–H and O–H groups in total. The lowest BCUT2D eigenvalue weighted by Gasteiger charge is -2.19. The molecule has 2 aromatic carbocycles. The van der Waals surface area contributed by atoms with Gasteiger partial charge >= 0.3 is 0 Å². The first-order chi connectivity index (χ1) is 9.32. The van der Waals surface area contributed by atoms with Crippen molar-refractivity contribution in [3.05, 3.63) is 35.9 Å². The summed E-state index contributed by atoms with van der Waals surface area (Å²) in [6.45, 7) is 5.38. The Labute approximate surface area is 117 Å². The number of aldehydes is 1. The number of nitrogens with one attached hydrogen (secondary N) is 1. The molecule has 104 valence electrons. The average molecular weight is 271 g/mol. The fourth-order valence-corrected chi connectivity index (χ4v) is 1.84. The number of carbonyl (C=O) groups is 2. The van der Waals surface area contributed by atoms with Crippen LogP contribution in [0, 0.1) is 5.41 Å². The molecule has 0 aliphatic rings. The number of aromatic hydroxyl groups is 1. The highest BCUT2D eigenvalue weighted by atomic mass is 16.3. The molecular formula is C16H17NO3. The number of fused-ring (bicyclic) bond motifs is 1. The van der Waals surface area contributed by atoms with Crippen molar-refractivity contribution < 1.29 is 14.7 Å². The molecule has 0 saturated heterocycles. The molecule has 0 aliphatic carbocycles. The number of benzene rings is 2. The number of amides is 1. The summed E-state index contributed by atoms with van der Waals surface area (Å²) in [4.78, 5) is 23.2. The van der Waals surface area contributed by atoms with Gasteiger partial charge in [-0.3, -0.25) is 9.59 Å². The second kappa shape index (κ2) is 4.96. The van der Waals surface area contributed by atoms with E-state index < -0.39 is 5.41 Å². The first kappa shape index (κ1) is 14.1. The molecule has 0 saturated carbocycles. The largest absolute Gasteiger partial charge is 0.507 e. The van der Waals surface area contributed by atoms with Gasteiger partial charge in [0, 0.05) is 16.4 Å². The summed E-state index contributed by atoms with van der Waals surface area (Å²) in [5, 5.41) is 13.9. The monoisotopic (exact) mass is 271 g/mol. The van der Waals surface area contributed by atoms with Crippen LogP contribution in [0.15, 0.2) is 30.3 Å². The molecular weight excluding hydrogens is 254 g/mol. The molecule has 2 aromatic rings. The molecule has 1 amide bonds. The number of carbonyl (C=O) groups excluding carboxylic acids is 2. The quantitative estimate of drug-likeness (QED) is 0.823. The molecule has 20 heavy (non-hydrogen) atoms. The van der Waals surface area contributed by atoms with Crippen LogP contribution < -0.4 is 5.32 Å². The number of phenolic OH excluding ortho intramolecular Hbond substituents is 1. The van der Waals surface area contributed by atoms with Gasteiger partial charge in [-0.25, -0.2) is 0 Å². The first-order valence-corrected chi connectivity index (χ1v) is 6.35. The first-order valence-electron chi connectivity index (χ1n) is 6.35. The standard InChI is InChI=1S/C16H17NO3/c1-16(2,3)15(20)17-13-8-12-10(7-11(13)9-18)5-4-6-14(12)19/h4-9,19H,1-3H3,(H,17,20). The van der Waals surface area contributed by atoms with Crippen molar-refractivity contribution in [1.29, 1.82) is 0 Å². The Morgan fingerprint density at radius 2 is 1.95 bits per heavy atom. The number of rotatable bonds is 2. The molecule has 0 spiro atoms. The summed E-state index contributed by atoms with van der Waals surface area (Å²) in [6.07, 6.45) is 0.696. The Bertz CT molecular complexity index is 684. The summed E-state index contributed by atoms with van der Waals surface area (Å²) in [5.41, 5.74) is 0.239. The molecule has 0 aliphatic heterocycles. The van der Waals surface area contributed by atoms with Crippen molar-refractivity contribution in [1.82, 2.24) is 0 Å². The third kappa shape index (κ3) is 2.64. The lowest BCUT2D eigenvalue weighted by atomic mass is 9.95. The van der Waals surface area contributed by atoms with Crippen LogP contribution in [0.25, 0.3) is 10.8 Å². The molecule has 2 rings (SSSR count). The number of anilines is 1. The highest BCUT2D eigenvalue weighted by Crippen LogP contribution is 2.30. The van der Waals surface area contributed by atoms with Crippen LogP contribution in [-0.2, 0) is 4.79 Å². The van der Waals surface area contributed by atoms with E-state index in [-0.39, 0.29) is 11.7 Å². The zero-order valence-corrected chi connectivity index (χ0v) is 11.7. The third-order valence-corrected chi connectivity index (χ3v) is 3.08. The van der Waals surface area contributed by atoms with E-state index in [9.17, 15) is 14.7 Å². The van der Waals surface area contributed by atoms with Gasteiger partial charge in [0.25, 0.3) is 0 Å². The van der Waals surface area contributed by atoms with Gasteiger partial charge in [0.15, 0.2) is 6.29 Å². The van der Waals surface area contributed by atoms with Gasteiger partial charge in [0.1, 0.15) is 5.75 Å². The van der Waals surface area contributed by atoms with Gasteiger partial charge in [0.05, 0.1) is 5.69 Å². The topological polar surface area (TPSA) is 66.4 Å². The molecule has 0 radical (unpaired) electrons. The molecule has 0 bridgehead atoms. The van der Waals surface area contributed by atoms with Crippen molar-refractivity contribution in [3.63, 3.8) is 0 Å². The Hall–Kier alpha value is -2.36. The molecule has 0 heterocycles.